The van der Waals surface area contributed by atoms with Crippen LogP contribution in [0.15, 0.2) is 18.2 Å². The molecule has 3 aliphatic rings. The Labute approximate surface area is 143 Å². The van der Waals surface area contributed by atoms with E-state index in [4.69, 9.17) is 10.5 Å². The average Bonchev–Trinajstić information content (AvgIpc) is 2.94. The minimum Gasteiger partial charge on any atom is -0.493 e. The third-order valence-corrected chi connectivity index (χ3v) is 5.74. The molecule has 0 radical (unpaired) electrons. The maximum Gasteiger partial charge on any atom is 0.227 e. The fourth-order valence-electron chi connectivity index (χ4n) is 4.51. The maximum absolute atomic E-state index is 12.6. The number of nitrogens with two attached hydrogens (primary N) is 1. The molecule has 0 aromatic heterocycles. The van der Waals surface area contributed by atoms with Crippen LogP contribution in [0.25, 0.3) is 0 Å². The summed E-state index contributed by atoms with van der Waals surface area (Å²) < 4.78 is 5.51. The molecule has 1 aromatic carbocycles. The van der Waals surface area contributed by atoms with Gasteiger partial charge in [0.05, 0.1) is 6.61 Å². The third kappa shape index (κ3) is 3.20. The molecule has 0 spiro atoms. The van der Waals surface area contributed by atoms with Gasteiger partial charge in [0.25, 0.3) is 0 Å². The third-order valence-electron chi connectivity index (χ3n) is 5.74. The highest BCUT2D eigenvalue weighted by molar-refractivity contribution is 5.92. The second kappa shape index (κ2) is 6.70. The van der Waals surface area contributed by atoms with Gasteiger partial charge in [-0.1, -0.05) is 6.42 Å². The molecule has 1 aliphatic heterocycles. The molecule has 5 heteroatoms. The zero-order valence-corrected chi connectivity index (χ0v) is 14.1. The summed E-state index contributed by atoms with van der Waals surface area (Å²) in [6.45, 7) is 0.747. The van der Waals surface area contributed by atoms with Crippen LogP contribution in [-0.2, 0) is 11.2 Å². The van der Waals surface area contributed by atoms with Crippen LogP contribution in [0.1, 0.15) is 37.7 Å². The smallest absolute Gasteiger partial charge is 0.227 e. The summed E-state index contributed by atoms with van der Waals surface area (Å²) in [4.78, 5) is 12.6. The number of halogens is 1. The van der Waals surface area contributed by atoms with Gasteiger partial charge in [0.15, 0.2) is 0 Å². The molecule has 0 saturated heterocycles. The molecular weight excluding hydrogens is 312 g/mol. The van der Waals surface area contributed by atoms with Gasteiger partial charge in [0.2, 0.25) is 5.91 Å². The van der Waals surface area contributed by atoms with Crippen molar-refractivity contribution in [1.29, 1.82) is 0 Å². The van der Waals surface area contributed by atoms with E-state index in [0.29, 0.717) is 17.9 Å². The minimum atomic E-state index is 0. The number of nitrogens with one attached hydrogen (secondary N) is 1. The lowest BCUT2D eigenvalue weighted by Crippen LogP contribution is -2.48. The van der Waals surface area contributed by atoms with Crippen molar-refractivity contribution in [2.24, 2.45) is 23.5 Å². The van der Waals surface area contributed by atoms with Crippen molar-refractivity contribution in [3.8, 4) is 5.75 Å². The molecule has 4 nitrogen and oxygen atoms in total. The van der Waals surface area contributed by atoms with Crippen molar-refractivity contribution in [2.45, 2.75) is 44.6 Å². The van der Waals surface area contributed by atoms with Crippen molar-refractivity contribution in [3.63, 3.8) is 0 Å². The van der Waals surface area contributed by atoms with Crippen LogP contribution < -0.4 is 15.8 Å². The molecule has 4 rings (SSSR count). The predicted molar refractivity (Wildman–Crippen MR) is 93.0 cm³/mol. The van der Waals surface area contributed by atoms with Crippen molar-refractivity contribution in [2.75, 3.05) is 11.9 Å². The molecule has 2 bridgehead atoms. The number of fused-ring (bicyclic) bond motifs is 3. The zero-order valence-electron chi connectivity index (χ0n) is 13.3. The standard InChI is InChI=1S/C18H24N2O2.ClH/c19-17-12-2-1-3-13(17)9-14(8-12)18(21)20-15-4-5-16-11(10-15)6-7-22-16;/h4-5,10,12-14,17H,1-3,6-9,19H2,(H,20,21);1H. The molecule has 2 aliphatic carbocycles. The first kappa shape index (κ1) is 16.6. The number of hydrogen-bond donors (Lipinski definition) is 2. The van der Waals surface area contributed by atoms with Gasteiger partial charge in [0.1, 0.15) is 5.75 Å². The van der Waals surface area contributed by atoms with E-state index in [0.717, 1.165) is 37.3 Å². The minimum absolute atomic E-state index is 0. The first-order valence-corrected chi connectivity index (χ1v) is 8.53. The van der Waals surface area contributed by atoms with Crippen molar-refractivity contribution >= 4 is 24.0 Å². The van der Waals surface area contributed by atoms with Crippen LogP contribution in [0.4, 0.5) is 5.69 Å². The highest BCUT2D eigenvalue weighted by Gasteiger charge is 2.40. The summed E-state index contributed by atoms with van der Waals surface area (Å²) in [7, 11) is 0. The Balaban J connectivity index is 0.00000156. The molecule has 1 heterocycles. The lowest BCUT2D eigenvalue weighted by atomic mass is 9.65. The molecule has 2 saturated carbocycles. The molecule has 1 aromatic rings. The average molecular weight is 337 g/mol. The lowest BCUT2D eigenvalue weighted by Gasteiger charge is -2.43. The Kier molecular flexibility index (Phi) is 4.83. The van der Waals surface area contributed by atoms with Crippen LogP contribution in [-0.4, -0.2) is 18.6 Å². The van der Waals surface area contributed by atoms with Gasteiger partial charge in [-0.3, -0.25) is 4.79 Å². The van der Waals surface area contributed by atoms with E-state index in [1.807, 2.05) is 12.1 Å². The second-order valence-corrected chi connectivity index (χ2v) is 7.11. The molecule has 3 N–H and O–H groups in total. The largest absolute Gasteiger partial charge is 0.493 e. The highest BCUT2D eigenvalue weighted by atomic mass is 35.5. The Morgan fingerprint density at radius 3 is 2.70 bits per heavy atom. The molecule has 2 atom stereocenters. The van der Waals surface area contributed by atoms with Crippen LogP contribution in [0, 0.1) is 17.8 Å². The quantitative estimate of drug-likeness (QED) is 0.872. The van der Waals surface area contributed by atoms with Crippen molar-refractivity contribution in [3.05, 3.63) is 23.8 Å². The van der Waals surface area contributed by atoms with E-state index in [9.17, 15) is 4.79 Å². The Bertz CT molecular complexity index is 578. The number of ether oxygens (including phenoxy) is 1. The van der Waals surface area contributed by atoms with Gasteiger partial charge in [-0.2, -0.15) is 0 Å². The maximum atomic E-state index is 12.6. The zero-order chi connectivity index (χ0) is 15.1. The van der Waals surface area contributed by atoms with E-state index in [1.54, 1.807) is 0 Å². The second-order valence-electron chi connectivity index (χ2n) is 7.11. The van der Waals surface area contributed by atoms with Gasteiger partial charge in [0, 0.05) is 24.1 Å². The number of anilines is 1. The van der Waals surface area contributed by atoms with Gasteiger partial charge in [-0.25, -0.2) is 0 Å². The van der Waals surface area contributed by atoms with E-state index in [1.165, 1.54) is 24.8 Å². The molecule has 2 unspecified atom stereocenters. The summed E-state index contributed by atoms with van der Waals surface area (Å²) in [5.74, 6) is 2.33. The highest BCUT2D eigenvalue weighted by Crippen LogP contribution is 2.42. The monoisotopic (exact) mass is 336 g/mol. The van der Waals surface area contributed by atoms with Gasteiger partial charge < -0.3 is 15.8 Å². The van der Waals surface area contributed by atoms with Crippen LogP contribution >= 0.6 is 12.4 Å². The Morgan fingerprint density at radius 1 is 1.22 bits per heavy atom. The van der Waals surface area contributed by atoms with Crippen LogP contribution in [0.5, 0.6) is 5.75 Å². The van der Waals surface area contributed by atoms with E-state index < -0.39 is 0 Å². The van der Waals surface area contributed by atoms with Crippen LogP contribution in [0.2, 0.25) is 0 Å². The number of carbonyl (C=O) groups excluding carboxylic acids is 1. The predicted octanol–water partition coefficient (Wildman–Crippen LogP) is 3.14. The van der Waals surface area contributed by atoms with Gasteiger partial charge in [-0.05, 0) is 61.3 Å². The van der Waals surface area contributed by atoms with Crippen molar-refractivity contribution in [1.82, 2.24) is 0 Å². The van der Waals surface area contributed by atoms with E-state index in [2.05, 4.69) is 11.4 Å². The Morgan fingerprint density at radius 2 is 1.96 bits per heavy atom. The topological polar surface area (TPSA) is 64.4 Å². The number of hydrogen-bond acceptors (Lipinski definition) is 3. The summed E-state index contributed by atoms with van der Waals surface area (Å²) >= 11 is 0. The number of rotatable bonds is 2. The number of benzene rings is 1. The fraction of sp³-hybridized carbons (Fsp3) is 0.611. The SMILES string of the molecule is Cl.NC1C2CCCC1CC(C(=O)Nc1ccc3c(c1)CCO3)C2. The molecule has 23 heavy (non-hydrogen) atoms. The lowest BCUT2D eigenvalue weighted by molar-refractivity contribution is -0.122. The Hall–Kier alpha value is -1.26. The number of amides is 1. The van der Waals surface area contributed by atoms with Gasteiger partial charge in [-0.15, -0.1) is 12.4 Å². The summed E-state index contributed by atoms with van der Waals surface area (Å²) in [6.07, 6.45) is 6.51. The summed E-state index contributed by atoms with van der Waals surface area (Å²) in [5, 5.41) is 3.11. The summed E-state index contributed by atoms with van der Waals surface area (Å²) in [5.41, 5.74) is 8.41. The first-order valence-electron chi connectivity index (χ1n) is 8.53. The first-order chi connectivity index (χ1) is 10.7. The normalized spacial score (nSPS) is 31.5. The molecule has 2 fully saturated rings. The fourth-order valence-corrected chi connectivity index (χ4v) is 4.51. The van der Waals surface area contributed by atoms with E-state index >= 15 is 0 Å². The summed E-state index contributed by atoms with van der Waals surface area (Å²) in [6, 6.07) is 6.27. The molecule has 126 valence electrons. The van der Waals surface area contributed by atoms with Gasteiger partial charge >= 0.3 is 0 Å². The van der Waals surface area contributed by atoms with Crippen LogP contribution in [0.3, 0.4) is 0 Å². The number of carbonyl (C=O) groups is 1. The molecule has 1 amide bonds. The van der Waals surface area contributed by atoms with Crippen molar-refractivity contribution < 1.29 is 9.53 Å². The van der Waals surface area contributed by atoms with E-state index in [-0.39, 0.29) is 24.2 Å². The molecular formula is C18H25ClN2O2.